The average Bonchev–Trinajstić information content (AvgIpc) is 2.25. The Morgan fingerprint density at radius 2 is 2.00 bits per heavy atom. The van der Waals surface area contributed by atoms with Crippen molar-refractivity contribution in [2.24, 2.45) is 5.41 Å². The van der Waals surface area contributed by atoms with Crippen LogP contribution in [0.2, 0.25) is 0 Å². The van der Waals surface area contributed by atoms with E-state index in [2.05, 4.69) is 13.8 Å². The first-order valence-corrected chi connectivity index (χ1v) is 5.97. The molecule has 90 valence electrons. The number of benzene rings is 1. The summed E-state index contributed by atoms with van der Waals surface area (Å²) in [5.41, 5.74) is 0.822. The molecule has 1 aromatic carbocycles. The highest BCUT2D eigenvalue weighted by Gasteiger charge is 2.65. The second-order valence-corrected chi connectivity index (χ2v) is 5.95. The van der Waals surface area contributed by atoms with Crippen molar-refractivity contribution in [3.05, 3.63) is 29.8 Å². The van der Waals surface area contributed by atoms with Gasteiger partial charge >= 0.3 is 0 Å². The second-order valence-electron chi connectivity index (χ2n) is 5.95. The third-order valence-corrected chi connectivity index (χ3v) is 4.27. The molecule has 0 radical (unpaired) electrons. The Morgan fingerprint density at radius 3 is 2.65 bits per heavy atom. The van der Waals surface area contributed by atoms with Crippen LogP contribution in [0.5, 0.6) is 0 Å². The molecule has 3 rings (SSSR count). The molecule has 3 heteroatoms. The number of hydrogen-bond donors (Lipinski definition) is 1. The van der Waals surface area contributed by atoms with E-state index in [0.29, 0.717) is 6.42 Å². The zero-order valence-corrected chi connectivity index (χ0v) is 10.4. The van der Waals surface area contributed by atoms with Crippen LogP contribution >= 0.6 is 0 Å². The fourth-order valence-electron chi connectivity index (χ4n) is 3.73. The van der Waals surface area contributed by atoms with Gasteiger partial charge in [-0.1, -0.05) is 32.0 Å². The number of hydrogen-bond acceptors (Lipinski definition) is 2. The standard InChI is InChI=1S/C14H17NO2/c1-13(2)8-14(17)11(13)9-6-4-5-7-10(9)15(3)12(14)16/h4-7,11,17H,8H2,1-3H3/t11-,14-/m1/s1. The molecule has 1 aliphatic carbocycles. The first-order chi connectivity index (χ1) is 7.88. The lowest BCUT2D eigenvalue weighted by Crippen LogP contribution is -2.67. The predicted octanol–water partition coefficient (Wildman–Crippen LogP) is 1.91. The minimum absolute atomic E-state index is 0.0121. The zero-order valence-electron chi connectivity index (χ0n) is 10.4. The number of likely N-dealkylation sites (N-methyl/N-ethyl adjacent to an activating group) is 1. The van der Waals surface area contributed by atoms with Crippen LogP contribution in [0, 0.1) is 5.41 Å². The van der Waals surface area contributed by atoms with Gasteiger partial charge < -0.3 is 10.0 Å². The topological polar surface area (TPSA) is 40.5 Å². The van der Waals surface area contributed by atoms with E-state index in [-0.39, 0.29) is 17.2 Å². The lowest BCUT2D eigenvalue weighted by molar-refractivity contribution is -0.173. The van der Waals surface area contributed by atoms with Gasteiger partial charge in [0.15, 0.2) is 5.60 Å². The molecule has 1 amide bonds. The summed E-state index contributed by atoms with van der Waals surface area (Å²) in [7, 11) is 1.74. The van der Waals surface area contributed by atoms with Crippen molar-refractivity contribution in [1.82, 2.24) is 0 Å². The third-order valence-electron chi connectivity index (χ3n) is 4.27. The highest BCUT2D eigenvalue weighted by molar-refractivity contribution is 6.04. The maximum absolute atomic E-state index is 12.2. The maximum atomic E-state index is 12.2. The summed E-state index contributed by atoms with van der Waals surface area (Å²) < 4.78 is 0. The molecular weight excluding hydrogens is 214 g/mol. The highest BCUT2D eigenvalue weighted by Crippen LogP contribution is 2.63. The number of para-hydroxylation sites is 1. The van der Waals surface area contributed by atoms with E-state index in [1.165, 1.54) is 0 Å². The normalized spacial score (nSPS) is 33.8. The van der Waals surface area contributed by atoms with Crippen molar-refractivity contribution in [3.63, 3.8) is 0 Å². The second kappa shape index (κ2) is 2.91. The molecule has 2 atom stereocenters. The number of aliphatic hydroxyl groups is 1. The van der Waals surface area contributed by atoms with Crippen molar-refractivity contribution in [2.75, 3.05) is 11.9 Å². The average molecular weight is 231 g/mol. The van der Waals surface area contributed by atoms with Crippen molar-refractivity contribution in [3.8, 4) is 0 Å². The van der Waals surface area contributed by atoms with Gasteiger partial charge in [0.25, 0.3) is 5.91 Å². The first-order valence-electron chi connectivity index (χ1n) is 5.97. The van der Waals surface area contributed by atoms with Crippen molar-refractivity contribution < 1.29 is 9.90 Å². The van der Waals surface area contributed by atoms with E-state index >= 15 is 0 Å². The van der Waals surface area contributed by atoms with Gasteiger partial charge in [0.1, 0.15) is 0 Å². The highest BCUT2D eigenvalue weighted by atomic mass is 16.3. The van der Waals surface area contributed by atoms with Gasteiger partial charge in [0.05, 0.1) is 0 Å². The molecule has 1 fully saturated rings. The molecule has 17 heavy (non-hydrogen) atoms. The molecule has 1 N–H and O–H groups in total. The van der Waals surface area contributed by atoms with E-state index in [1.54, 1.807) is 11.9 Å². The predicted molar refractivity (Wildman–Crippen MR) is 65.9 cm³/mol. The summed E-state index contributed by atoms with van der Waals surface area (Å²) in [6, 6.07) is 7.87. The zero-order chi connectivity index (χ0) is 12.4. The van der Waals surface area contributed by atoms with Gasteiger partial charge in [-0.3, -0.25) is 4.79 Å². The Bertz CT molecular complexity index is 509. The van der Waals surface area contributed by atoms with E-state index in [0.717, 1.165) is 11.3 Å². The van der Waals surface area contributed by atoms with Crippen LogP contribution in [0.15, 0.2) is 24.3 Å². The summed E-state index contributed by atoms with van der Waals surface area (Å²) >= 11 is 0. The lowest BCUT2D eigenvalue weighted by atomic mass is 9.49. The fraction of sp³-hybridized carbons (Fsp3) is 0.500. The van der Waals surface area contributed by atoms with Gasteiger partial charge in [-0.25, -0.2) is 0 Å². The quantitative estimate of drug-likeness (QED) is 0.741. The molecule has 0 saturated heterocycles. The Hall–Kier alpha value is -1.35. The van der Waals surface area contributed by atoms with Crippen LogP contribution < -0.4 is 4.90 Å². The van der Waals surface area contributed by atoms with Crippen molar-refractivity contribution in [1.29, 1.82) is 0 Å². The van der Waals surface area contributed by atoms with Gasteiger partial charge in [0.2, 0.25) is 0 Å². The summed E-state index contributed by atoms with van der Waals surface area (Å²) in [6.45, 7) is 4.23. The van der Waals surface area contributed by atoms with E-state index in [1.807, 2.05) is 24.3 Å². The summed E-state index contributed by atoms with van der Waals surface area (Å²) in [6.07, 6.45) is 0.544. The number of amides is 1. The molecule has 0 spiro atoms. The molecule has 1 heterocycles. The molecule has 2 aliphatic rings. The fourth-order valence-corrected chi connectivity index (χ4v) is 3.73. The van der Waals surface area contributed by atoms with Crippen molar-refractivity contribution in [2.45, 2.75) is 31.8 Å². The SMILES string of the molecule is CN1C(=O)[C@@]2(O)CC(C)(C)[C@H]2c2ccccc21. The molecule has 1 aliphatic heterocycles. The van der Waals surface area contributed by atoms with Crippen LogP contribution in [-0.4, -0.2) is 23.7 Å². The van der Waals surface area contributed by atoms with E-state index in [4.69, 9.17) is 0 Å². The summed E-state index contributed by atoms with van der Waals surface area (Å²) in [4.78, 5) is 13.8. The third kappa shape index (κ3) is 1.12. The number of carbonyl (C=O) groups is 1. The minimum atomic E-state index is -1.19. The molecule has 0 aromatic heterocycles. The summed E-state index contributed by atoms with van der Waals surface area (Å²) in [5, 5.41) is 10.6. The smallest absolute Gasteiger partial charge is 0.259 e. The maximum Gasteiger partial charge on any atom is 0.259 e. The Balaban J connectivity index is 2.23. The number of fused-ring (bicyclic) bond motifs is 3. The van der Waals surface area contributed by atoms with Gasteiger partial charge in [-0.2, -0.15) is 0 Å². The van der Waals surface area contributed by atoms with Crippen LogP contribution in [0.4, 0.5) is 5.69 Å². The summed E-state index contributed by atoms with van der Waals surface area (Å²) in [5.74, 6) is -0.240. The van der Waals surface area contributed by atoms with E-state index in [9.17, 15) is 9.90 Å². The number of nitrogens with zero attached hydrogens (tertiary/aromatic N) is 1. The van der Waals surface area contributed by atoms with Gasteiger partial charge in [0, 0.05) is 18.7 Å². The number of carbonyl (C=O) groups excluding carboxylic acids is 1. The molecule has 3 nitrogen and oxygen atoms in total. The first kappa shape index (κ1) is 10.8. The molecule has 0 bridgehead atoms. The van der Waals surface area contributed by atoms with Crippen LogP contribution in [0.25, 0.3) is 0 Å². The Kier molecular flexibility index (Phi) is 1.84. The number of anilines is 1. The monoisotopic (exact) mass is 231 g/mol. The minimum Gasteiger partial charge on any atom is -0.379 e. The molecular formula is C14H17NO2. The van der Waals surface area contributed by atoms with Gasteiger partial charge in [-0.15, -0.1) is 0 Å². The van der Waals surface area contributed by atoms with Crippen LogP contribution in [0.1, 0.15) is 31.7 Å². The Labute approximate surface area is 101 Å². The Morgan fingerprint density at radius 1 is 1.35 bits per heavy atom. The molecule has 1 saturated carbocycles. The van der Waals surface area contributed by atoms with Crippen LogP contribution in [-0.2, 0) is 4.79 Å². The van der Waals surface area contributed by atoms with E-state index < -0.39 is 5.60 Å². The molecule has 0 unspecified atom stereocenters. The van der Waals surface area contributed by atoms with Crippen LogP contribution in [0.3, 0.4) is 0 Å². The largest absolute Gasteiger partial charge is 0.379 e. The van der Waals surface area contributed by atoms with Crippen molar-refractivity contribution >= 4 is 11.6 Å². The number of rotatable bonds is 0. The molecule has 1 aromatic rings. The van der Waals surface area contributed by atoms with Gasteiger partial charge in [-0.05, 0) is 23.5 Å². The lowest BCUT2D eigenvalue weighted by Gasteiger charge is -2.60.